The van der Waals surface area contributed by atoms with Gasteiger partial charge < -0.3 is 24.3 Å². The number of para-hydroxylation sites is 2. The van der Waals surface area contributed by atoms with Crippen LogP contribution in [0.1, 0.15) is 35.2 Å². The maximum atomic E-state index is 13.6. The molecule has 4 aromatic rings. The van der Waals surface area contributed by atoms with Gasteiger partial charge in [-0.05, 0) is 72.9 Å². The van der Waals surface area contributed by atoms with Gasteiger partial charge in [-0.1, -0.05) is 48.6 Å². The highest BCUT2D eigenvalue weighted by molar-refractivity contribution is 5.95. The molecule has 1 aromatic heterocycles. The van der Waals surface area contributed by atoms with Crippen molar-refractivity contribution in [2.45, 2.75) is 32.7 Å². The predicted octanol–water partition coefficient (Wildman–Crippen LogP) is 6.90. The van der Waals surface area contributed by atoms with Crippen LogP contribution in [0.2, 0.25) is 0 Å². The molecule has 0 aliphatic heterocycles. The lowest BCUT2D eigenvalue weighted by atomic mass is 10.0. The summed E-state index contributed by atoms with van der Waals surface area (Å²) < 4.78 is 39.8. The highest BCUT2D eigenvalue weighted by Gasteiger charge is 2.18. The number of rotatable bonds is 14. The molecule has 4 rings (SSSR count). The van der Waals surface area contributed by atoms with Crippen LogP contribution < -0.4 is 9.47 Å². The van der Waals surface area contributed by atoms with Gasteiger partial charge in [0.15, 0.2) is 17.4 Å². The Morgan fingerprint density at radius 3 is 2.19 bits per heavy atom. The van der Waals surface area contributed by atoms with E-state index in [1.807, 2.05) is 61.5 Å². The number of fused-ring (bicyclic) bond motifs is 1. The summed E-state index contributed by atoms with van der Waals surface area (Å²) in [4.78, 5) is 22.7. The highest BCUT2D eigenvalue weighted by Crippen LogP contribution is 2.31. The van der Waals surface area contributed by atoms with Gasteiger partial charge in [0.1, 0.15) is 25.5 Å². The molecule has 0 aliphatic rings. The lowest BCUT2D eigenvalue weighted by molar-refractivity contribution is -0.138. The second kappa shape index (κ2) is 14.1. The lowest BCUT2D eigenvalue weighted by Crippen LogP contribution is -2.10. The smallest absolute Gasteiger partial charge is 0.323 e. The Kier molecular flexibility index (Phi) is 10.1. The summed E-state index contributed by atoms with van der Waals surface area (Å²) in [5.41, 5.74) is 4.34. The number of carbonyl (C=O) groups is 2. The van der Waals surface area contributed by atoms with Crippen molar-refractivity contribution in [3.8, 4) is 11.5 Å². The molecule has 0 bridgehead atoms. The Hall–Kier alpha value is -4.92. The monoisotopic (exact) mass is 575 g/mol. The Bertz CT molecular complexity index is 1600. The predicted molar refractivity (Wildman–Crippen MR) is 157 cm³/mol. The number of nitrogens with zero attached hydrogens (tertiary/aromatic N) is 1. The third-order valence-electron chi connectivity index (χ3n) is 6.71. The maximum absolute atomic E-state index is 13.6. The van der Waals surface area contributed by atoms with Crippen LogP contribution in [0.5, 0.6) is 11.5 Å². The molecule has 218 valence electrons. The number of aromatic nitrogens is 1. The number of hydrogen-bond acceptors (Lipinski definition) is 4. The molecule has 0 aliphatic carbocycles. The van der Waals surface area contributed by atoms with Gasteiger partial charge in [0.2, 0.25) is 0 Å². The van der Waals surface area contributed by atoms with Crippen molar-refractivity contribution in [3.63, 3.8) is 0 Å². The van der Waals surface area contributed by atoms with E-state index in [9.17, 15) is 23.5 Å². The van der Waals surface area contributed by atoms with Crippen LogP contribution in [0.3, 0.4) is 0 Å². The summed E-state index contributed by atoms with van der Waals surface area (Å²) in [5, 5.41) is 19.5. The third-order valence-corrected chi connectivity index (χ3v) is 6.71. The molecule has 0 saturated heterocycles. The number of hydrogen-bond donors (Lipinski definition) is 2. The van der Waals surface area contributed by atoms with E-state index >= 15 is 0 Å². The normalized spacial score (nSPS) is 11.5. The van der Waals surface area contributed by atoms with Crippen LogP contribution in [0.15, 0.2) is 72.8 Å². The van der Waals surface area contributed by atoms with Gasteiger partial charge in [-0.2, -0.15) is 0 Å². The minimum absolute atomic E-state index is 0.00308. The molecule has 0 atom stereocenters. The quantitative estimate of drug-likeness (QED) is 0.125. The van der Waals surface area contributed by atoms with Crippen molar-refractivity contribution in [2.75, 3.05) is 13.2 Å². The van der Waals surface area contributed by atoms with Gasteiger partial charge in [0.25, 0.3) is 0 Å². The number of aryl methyl sites for hydroxylation is 1. The largest absolute Gasteiger partial charge is 0.490 e. The molecule has 0 saturated carbocycles. The first-order chi connectivity index (χ1) is 20.2. The molecule has 0 fully saturated rings. The summed E-state index contributed by atoms with van der Waals surface area (Å²) in [7, 11) is 0. The van der Waals surface area contributed by atoms with Crippen LogP contribution in [0.25, 0.3) is 23.1 Å². The number of carboxylic acid groups (broad SMARTS) is 2. The van der Waals surface area contributed by atoms with E-state index in [0.717, 1.165) is 45.4 Å². The summed E-state index contributed by atoms with van der Waals surface area (Å²) in [6.45, 7) is 1.92. The Balaban J connectivity index is 1.41. The van der Waals surface area contributed by atoms with Gasteiger partial charge in [0.05, 0.1) is 5.52 Å². The van der Waals surface area contributed by atoms with Crippen LogP contribution in [0.4, 0.5) is 8.78 Å². The molecule has 0 unspecified atom stereocenters. The second-order valence-corrected chi connectivity index (χ2v) is 9.58. The van der Waals surface area contributed by atoms with Crippen LogP contribution in [0, 0.1) is 18.6 Å². The fourth-order valence-electron chi connectivity index (χ4n) is 4.72. The van der Waals surface area contributed by atoms with E-state index in [0.29, 0.717) is 18.6 Å². The Morgan fingerprint density at radius 2 is 1.52 bits per heavy atom. The summed E-state index contributed by atoms with van der Waals surface area (Å²) in [6, 6.07) is 16.7. The number of aliphatic carboxylic acids is 2. The molecule has 1 heterocycles. The van der Waals surface area contributed by atoms with Gasteiger partial charge in [-0.3, -0.25) is 9.59 Å². The van der Waals surface area contributed by atoms with Gasteiger partial charge >= 0.3 is 11.9 Å². The Labute approximate surface area is 241 Å². The number of benzene rings is 3. The van der Waals surface area contributed by atoms with Gasteiger partial charge in [-0.25, -0.2) is 8.78 Å². The van der Waals surface area contributed by atoms with E-state index in [-0.39, 0.29) is 26.2 Å². The van der Waals surface area contributed by atoms with E-state index in [2.05, 4.69) is 0 Å². The number of ether oxygens (including phenoxy) is 2. The van der Waals surface area contributed by atoms with Crippen molar-refractivity contribution in [2.24, 2.45) is 0 Å². The van der Waals surface area contributed by atoms with Crippen molar-refractivity contribution < 1.29 is 38.1 Å². The molecule has 0 amide bonds. The van der Waals surface area contributed by atoms with Crippen LogP contribution in [-0.4, -0.2) is 39.9 Å². The maximum Gasteiger partial charge on any atom is 0.323 e. The number of carboxylic acids is 2. The zero-order valence-electron chi connectivity index (χ0n) is 23.1. The summed E-state index contributed by atoms with van der Waals surface area (Å²) >= 11 is 0. The molecule has 0 radical (unpaired) electrons. The van der Waals surface area contributed by atoms with E-state index in [1.165, 1.54) is 6.07 Å². The first-order valence-electron chi connectivity index (χ1n) is 13.4. The minimum Gasteiger partial charge on any atom is -0.490 e. The topological polar surface area (TPSA) is 98.0 Å². The molecule has 0 spiro atoms. The third kappa shape index (κ3) is 7.63. The van der Waals surface area contributed by atoms with Gasteiger partial charge in [0, 0.05) is 17.5 Å². The van der Waals surface area contributed by atoms with E-state index in [4.69, 9.17) is 14.6 Å². The fraction of sp³-hybridized carbons (Fsp3) is 0.212. The van der Waals surface area contributed by atoms with Crippen LogP contribution >= 0.6 is 0 Å². The molecular weight excluding hydrogens is 544 g/mol. The molecule has 7 nitrogen and oxygen atoms in total. The van der Waals surface area contributed by atoms with Gasteiger partial charge in [-0.15, -0.1) is 0 Å². The fourth-order valence-corrected chi connectivity index (χ4v) is 4.72. The van der Waals surface area contributed by atoms with Crippen molar-refractivity contribution in [1.29, 1.82) is 0 Å². The molecular formula is C33H31F2NO6. The standard InChI is InChI=1S/C33H31F2NO6/c1-22-26(8-5-12-30(37)38)27-9-4-7-24(32(27)36(22)21-31(39)40)16-13-23-14-17-25(18-15-23)41-19-2-3-20-42-33-28(34)10-6-11-29(33)35/h2-4,6-7,9-11,13-18H,5,8,12,19-21H2,1H3,(H,37,38)(H,39,40). The van der Waals surface area contributed by atoms with Crippen molar-refractivity contribution in [3.05, 3.63) is 107 Å². The molecule has 42 heavy (non-hydrogen) atoms. The average Bonchev–Trinajstić information content (AvgIpc) is 3.21. The van der Waals surface area contributed by atoms with E-state index < -0.39 is 29.3 Å². The zero-order valence-corrected chi connectivity index (χ0v) is 23.1. The average molecular weight is 576 g/mol. The first-order valence-corrected chi connectivity index (χ1v) is 13.4. The van der Waals surface area contributed by atoms with Crippen molar-refractivity contribution >= 4 is 35.0 Å². The molecule has 3 aromatic carbocycles. The summed E-state index contributed by atoms with van der Waals surface area (Å²) in [5.74, 6) is -3.10. The zero-order chi connectivity index (χ0) is 30.1. The number of halogens is 2. The lowest BCUT2D eigenvalue weighted by Gasteiger charge is -2.08. The SMILES string of the molecule is Cc1c(CCCC(=O)O)c2cccc(C=Cc3ccc(OCC=CCOc4c(F)cccc4F)cc3)c2n1CC(=O)O. The van der Waals surface area contributed by atoms with Crippen LogP contribution in [-0.2, 0) is 22.6 Å². The summed E-state index contributed by atoms with van der Waals surface area (Å²) in [6.07, 6.45) is 8.22. The molecule has 9 heteroatoms. The Morgan fingerprint density at radius 1 is 0.857 bits per heavy atom. The highest BCUT2D eigenvalue weighted by atomic mass is 19.1. The second-order valence-electron chi connectivity index (χ2n) is 9.58. The molecule has 2 N–H and O–H groups in total. The van der Waals surface area contributed by atoms with Crippen molar-refractivity contribution in [1.82, 2.24) is 4.57 Å². The first kappa shape index (κ1) is 30.0. The minimum atomic E-state index is -0.956. The van der Waals surface area contributed by atoms with E-state index in [1.54, 1.807) is 16.7 Å².